The van der Waals surface area contributed by atoms with Gasteiger partial charge in [0.15, 0.2) is 81.4 Å². The number of carbonyl (C=O) groups is 6. The van der Waals surface area contributed by atoms with Crippen molar-refractivity contribution in [2.24, 2.45) is 0 Å². The first kappa shape index (κ1) is 98.5. The minimum absolute atomic E-state index is 0.110. The van der Waals surface area contributed by atoms with Crippen molar-refractivity contribution < 1.29 is 127 Å². The predicted octanol–water partition coefficient (Wildman–Crippen LogP) is 25.3. The summed E-state index contributed by atoms with van der Waals surface area (Å²) in [7, 11) is 0. The smallest absolute Gasteiger partial charge is 0.337 e. The van der Waals surface area contributed by atoms with E-state index >= 15 is 39.5 Å². The Morgan fingerprint density at radius 1 is 0.400 bits per heavy atom. The van der Waals surface area contributed by atoms with Crippen molar-refractivity contribution >= 4 is 239 Å². The lowest BCUT2D eigenvalue weighted by Crippen LogP contribution is -2.31. The Balaban J connectivity index is 0.000000177. The number of Topliss-reactive ketones (excluding diaryl/α,β-unsaturated/α-hetero) is 1. The molecule has 1 saturated heterocycles. The van der Waals surface area contributed by atoms with Crippen LogP contribution in [0.2, 0.25) is 0 Å². The first-order chi connectivity index (χ1) is 61.5. The van der Waals surface area contributed by atoms with Gasteiger partial charge < -0.3 is 35.3 Å². The predicted molar refractivity (Wildman–Crippen MR) is 491 cm³/mol. The highest BCUT2D eigenvalue weighted by Gasteiger charge is 2.40. The van der Waals surface area contributed by atoms with Crippen LogP contribution >= 0.6 is 136 Å². The summed E-state index contributed by atoms with van der Waals surface area (Å²) in [5.41, 5.74) is -13.3. The van der Waals surface area contributed by atoms with Crippen molar-refractivity contribution in [2.75, 3.05) is 50.5 Å². The molecular formula is C88H50F18I6N8O10. The average Bonchev–Trinajstić information content (AvgIpc) is 0.834. The van der Waals surface area contributed by atoms with E-state index in [9.17, 15) is 73.4 Å². The van der Waals surface area contributed by atoms with Gasteiger partial charge in [-0.1, -0.05) is 0 Å². The van der Waals surface area contributed by atoms with Crippen molar-refractivity contribution in [1.29, 1.82) is 0 Å². The fourth-order valence-electron chi connectivity index (χ4n) is 12.6. The molecule has 3 amide bonds. The highest BCUT2D eigenvalue weighted by Crippen LogP contribution is 2.45. The van der Waals surface area contributed by atoms with Gasteiger partial charge in [0.2, 0.25) is 0 Å². The standard InChI is InChI=1S/C33H24F6I2N2O5.C29H14F6I2N4O2.C26H12F6I2N2O3/c1-33(2)47-14-18(48-33)13-46-15-27(44)19-5-7-22(35)29(39)31(19)43(26-10-4-17(41)12-24(26)37)32(45)20-6-8-21(34)28(38)30(20)42-25-9-3-16(40)11-23(25)36;30-18-5-3-16(26(24(18)34)39-22-7-1-14(36)11-20(22)32)29(43)41(23-8-2-15(37)12-21(23)33)27-17(4-6-19(31)25(27)35)28(42)40-10-9-38-13-40;27-15-5-3-13(23(21(15)31)35-19-7-1-11(33)9-17(19)29)25(37)36(20-8-2-12(34)10-18(20)30)24-14(26(38)39)4-6-16(28)22(24)32/h3-12,18,42H,13-15H2,1-2H3;1-13,39H;1-10,35H,(H,38,39)/t18-;;/m0../s1. The van der Waals surface area contributed by atoms with E-state index in [4.69, 9.17) is 14.2 Å². The van der Waals surface area contributed by atoms with E-state index in [1.807, 2.05) is 67.8 Å². The molecule has 14 rings (SSSR count). The molecule has 0 radical (unpaired) electrons. The summed E-state index contributed by atoms with van der Waals surface area (Å²) in [6.07, 6.45) is 2.98. The van der Waals surface area contributed by atoms with E-state index in [-0.39, 0.29) is 35.2 Å². The van der Waals surface area contributed by atoms with Crippen LogP contribution in [0.1, 0.15) is 76.0 Å². The molecule has 0 bridgehead atoms. The molecule has 1 aliphatic rings. The summed E-state index contributed by atoms with van der Waals surface area (Å²) in [5, 5.41) is 16.6. The van der Waals surface area contributed by atoms with Gasteiger partial charge in [-0.2, -0.15) is 0 Å². The first-order valence-corrected chi connectivity index (χ1v) is 43.1. The zero-order valence-corrected chi connectivity index (χ0v) is 78.1. The highest BCUT2D eigenvalue weighted by atomic mass is 127. The van der Waals surface area contributed by atoms with Crippen LogP contribution in [0.3, 0.4) is 0 Å². The molecule has 0 saturated carbocycles. The second-order valence-corrected chi connectivity index (χ2v) is 35.0. The van der Waals surface area contributed by atoms with E-state index < -0.39 is 243 Å². The molecule has 1 aliphatic heterocycles. The minimum atomic E-state index is -1.82. The van der Waals surface area contributed by atoms with Gasteiger partial charge in [-0.3, -0.25) is 43.2 Å². The SMILES string of the molecule is CC1(C)OC[C@H](COCC(=O)c2ccc(F)c(F)c2N(C(=O)c2ccc(F)c(F)c2Nc2ccc(I)cc2F)c2ccc(I)cc2F)O1.O=C(O)c1ccc(F)c(F)c1N(C(=O)c1ccc(F)c(F)c1Nc1ccc(I)cc1F)c1ccc(I)cc1F.O=C(c1ccc(F)c(F)c1Nc1ccc(I)cc1F)N(c1ccc(I)cc1F)c1c(C(=O)n2ccnc2)ccc(F)c1F. The largest absolute Gasteiger partial charge is 0.478 e. The van der Waals surface area contributed by atoms with Crippen LogP contribution in [0.25, 0.3) is 0 Å². The van der Waals surface area contributed by atoms with Gasteiger partial charge in [0, 0.05) is 39.4 Å². The zero-order valence-electron chi connectivity index (χ0n) is 65.2. The maximum absolute atomic E-state index is 15.9. The molecule has 1 atom stereocenters. The molecule has 670 valence electrons. The normalized spacial score (nSPS) is 12.6. The van der Waals surface area contributed by atoms with Gasteiger partial charge in [0.05, 0.1) is 97.9 Å². The van der Waals surface area contributed by atoms with E-state index in [1.165, 1.54) is 67.0 Å². The molecule has 0 aliphatic carbocycles. The summed E-state index contributed by atoms with van der Waals surface area (Å²) >= 11 is 10.8. The molecule has 1 aromatic heterocycles. The van der Waals surface area contributed by atoms with Crippen LogP contribution in [0.15, 0.2) is 201 Å². The van der Waals surface area contributed by atoms with Crippen LogP contribution in [0.4, 0.5) is 147 Å². The second-order valence-electron chi connectivity index (χ2n) is 27.6. The third-order valence-corrected chi connectivity index (χ3v) is 22.6. The van der Waals surface area contributed by atoms with Crippen LogP contribution in [-0.4, -0.2) is 81.8 Å². The zero-order chi connectivity index (χ0) is 94.5. The Kier molecular flexibility index (Phi) is 31.8. The molecule has 2 heterocycles. The van der Waals surface area contributed by atoms with Gasteiger partial charge in [0.1, 0.15) is 65.3 Å². The van der Waals surface area contributed by atoms with Gasteiger partial charge in [-0.05, 0) is 331 Å². The number of anilines is 12. The molecule has 0 spiro atoms. The Morgan fingerprint density at radius 3 is 1.01 bits per heavy atom. The molecule has 18 nitrogen and oxygen atoms in total. The van der Waals surface area contributed by atoms with Gasteiger partial charge >= 0.3 is 5.97 Å². The third kappa shape index (κ3) is 21.9. The maximum Gasteiger partial charge on any atom is 0.337 e. The number of carbonyl (C=O) groups excluding carboxylic acids is 5. The number of halogens is 24. The lowest BCUT2D eigenvalue weighted by Gasteiger charge is -2.27. The number of carboxylic acid groups (broad SMARTS) is 1. The van der Waals surface area contributed by atoms with E-state index in [2.05, 4.69) is 20.9 Å². The molecule has 13 aromatic rings. The van der Waals surface area contributed by atoms with Crippen LogP contribution in [-0.2, 0) is 14.2 Å². The molecular weight excluding hydrogens is 2430 g/mol. The maximum atomic E-state index is 15.9. The summed E-state index contributed by atoms with van der Waals surface area (Å²) in [5.74, 6) is -33.9. The van der Waals surface area contributed by atoms with Crippen LogP contribution in [0, 0.1) is 126 Å². The van der Waals surface area contributed by atoms with Crippen molar-refractivity contribution in [3.8, 4) is 0 Å². The van der Waals surface area contributed by atoms with Crippen LogP contribution in [0.5, 0.6) is 0 Å². The van der Waals surface area contributed by atoms with Crippen molar-refractivity contribution in [1.82, 2.24) is 9.55 Å². The number of benzene rings is 12. The minimum Gasteiger partial charge on any atom is -0.478 e. The van der Waals surface area contributed by atoms with Crippen LogP contribution < -0.4 is 30.7 Å². The number of carboxylic acids is 1. The third-order valence-electron chi connectivity index (χ3n) is 18.6. The number of nitrogens with zero attached hydrogens (tertiary/aromatic N) is 5. The molecule has 0 unspecified atom stereocenters. The molecule has 4 N–H and O–H groups in total. The fourth-order valence-corrected chi connectivity index (χ4v) is 15.4. The van der Waals surface area contributed by atoms with E-state index in [0.717, 1.165) is 95.8 Å². The summed E-state index contributed by atoms with van der Waals surface area (Å²) in [6, 6.07) is 29.4. The van der Waals surface area contributed by atoms with Gasteiger partial charge in [0.25, 0.3) is 23.6 Å². The van der Waals surface area contributed by atoms with Gasteiger partial charge in [-0.25, -0.2) is 88.8 Å². The average molecular weight is 2480 g/mol. The summed E-state index contributed by atoms with van der Waals surface area (Å²) < 4.78 is 290. The second kappa shape index (κ2) is 41.9. The number of imidazole rings is 1. The first-order valence-electron chi connectivity index (χ1n) is 36.7. The van der Waals surface area contributed by atoms with E-state index in [1.54, 1.807) is 81.6 Å². The van der Waals surface area contributed by atoms with Gasteiger partial charge in [-0.15, -0.1) is 0 Å². The lowest BCUT2D eigenvalue weighted by molar-refractivity contribution is -0.144. The van der Waals surface area contributed by atoms with Crippen molar-refractivity contribution in [3.05, 3.63) is 360 Å². The number of hydrogen-bond acceptors (Lipinski definition) is 13. The molecule has 42 heteroatoms. The highest BCUT2D eigenvalue weighted by molar-refractivity contribution is 14.1. The van der Waals surface area contributed by atoms with Crippen molar-refractivity contribution in [3.63, 3.8) is 0 Å². The molecule has 1 fully saturated rings. The Hall–Kier alpha value is -10.5. The summed E-state index contributed by atoms with van der Waals surface area (Å²) in [6.45, 7) is 2.74. The fraction of sp³-hybridized carbons (Fsp3) is 0.0795. The monoisotopic (exact) mass is 2480 g/mol. The summed E-state index contributed by atoms with van der Waals surface area (Å²) in [4.78, 5) is 85.8. The Morgan fingerprint density at radius 2 is 0.700 bits per heavy atom. The number of amides is 3. The Bertz CT molecular complexity index is 6710. The molecule has 12 aromatic carbocycles. The van der Waals surface area contributed by atoms with E-state index in [0.29, 0.717) is 73.7 Å². The Labute approximate surface area is 804 Å². The number of aromatic nitrogens is 2. The quantitative estimate of drug-likeness (QED) is 0.0282. The number of rotatable bonds is 22. The number of nitrogens with one attached hydrogen (secondary N) is 3. The number of ketones is 1. The molecule has 130 heavy (non-hydrogen) atoms. The number of hydrogen-bond donors (Lipinski definition) is 4. The number of ether oxygens (including phenoxy) is 3. The topological polar surface area (TPSA) is 214 Å². The number of aromatic carboxylic acids is 1. The van der Waals surface area contributed by atoms with Crippen molar-refractivity contribution in [2.45, 2.75) is 25.7 Å². The lowest BCUT2D eigenvalue weighted by atomic mass is 10.0.